The van der Waals surface area contributed by atoms with Gasteiger partial charge in [0.05, 0.1) is 0 Å². The van der Waals surface area contributed by atoms with Gasteiger partial charge in [-0.15, -0.1) is 0 Å². The van der Waals surface area contributed by atoms with E-state index in [2.05, 4.69) is 9.97 Å². The Kier molecular flexibility index (Phi) is 3.77. The van der Waals surface area contributed by atoms with E-state index >= 15 is 0 Å². The Bertz CT molecular complexity index is 175. The molecule has 42 valence electrons. The van der Waals surface area contributed by atoms with Crippen molar-refractivity contribution in [2.75, 3.05) is 0 Å². The van der Waals surface area contributed by atoms with Crippen LogP contribution in [0.3, 0.4) is 0 Å². The molecule has 4 heteroatoms. The van der Waals surface area contributed by atoms with E-state index in [4.69, 9.17) is 0 Å². The second-order valence-corrected chi connectivity index (χ2v) is 1.50. The molecule has 1 rings (SSSR count). The summed E-state index contributed by atoms with van der Waals surface area (Å²) in [5, 5.41) is 10.3. The third kappa shape index (κ3) is 2.79. The molecule has 0 aliphatic rings. The number of hydrogen-bond donors (Lipinski definition) is 0. The van der Waals surface area contributed by atoms with Crippen LogP contribution in [0.4, 0.5) is 0 Å². The number of nitrogens with zero attached hydrogens (tertiary/aromatic N) is 2. The van der Waals surface area contributed by atoms with E-state index in [9.17, 15) is 5.11 Å². The van der Waals surface area contributed by atoms with Crippen molar-refractivity contribution < 1.29 is 34.7 Å². The Labute approximate surface area is 75.4 Å². The Morgan fingerprint density at radius 2 is 2.11 bits per heavy atom. The van der Waals surface area contributed by atoms with Crippen LogP contribution >= 0.6 is 0 Å². The minimum Gasteiger partial charge on any atom is -0.859 e. The fourth-order valence-corrected chi connectivity index (χ4v) is 0.430. The maximum absolute atomic E-state index is 10.3. The van der Waals surface area contributed by atoms with Gasteiger partial charge >= 0.3 is 29.6 Å². The van der Waals surface area contributed by atoms with Crippen molar-refractivity contribution in [1.29, 1.82) is 0 Å². The van der Waals surface area contributed by atoms with Gasteiger partial charge in [-0.1, -0.05) is 0 Å². The van der Waals surface area contributed by atoms with Gasteiger partial charge in [0, 0.05) is 5.69 Å². The molecule has 0 fully saturated rings. The first-order valence-corrected chi connectivity index (χ1v) is 2.25. The quantitative estimate of drug-likeness (QED) is 0.350. The average molecular weight is 132 g/mol. The van der Waals surface area contributed by atoms with Crippen molar-refractivity contribution in [1.82, 2.24) is 9.97 Å². The zero-order chi connectivity index (χ0) is 5.98. The summed E-state index contributed by atoms with van der Waals surface area (Å²) in [5.74, 6) is -0.225. The van der Waals surface area contributed by atoms with Gasteiger partial charge in [0.2, 0.25) is 0 Å². The molecule has 0 saturated carbocycles. The average Bonchev–Trinajstić information content (AvgIpc) is 1.64. The zero-order valence-corrected chi connectivity index (χ0v) is 7.46. The molecular weight excluding hydrogens is 127 g/mol. The van der Waals surface area contributed by atoms with Crippen LogP contribution < -0.4 is 34.7 Å². The van der Waals surface area contributed by atoms with E-state index in [1.807, 2.05) is 0 Å². The van der Waals surface area contributed by atoms with Gasteiger partial charge in [-0.2, -0.15) is 0 Å². The first-order valence-electron chi connectivity index (χ1n) is 2.25. The molecule has 1 aromatic heterocycles. The van der Waals surface area contributed by atoms with E-state index in [-0.39, 0.29) is 35.4 Å². The molecule has 0 bridgehead atoms. The Morgan fingerprint density at radius 1 is 1.44 bits per heavy atom. The van der Waals surface area contributed by atoms with Gasteiger partial charge in [-0.25, -0.2) is 4.98 Å². The number of aryl methyl sites for hydroxylation is 1. The summed E-state index contributed by atoms with van der Waals surface area (Å²) in [6.45, 7) is 1.75. The zero-order valence-electron chi connectivity index (χ0n) is 5.46. The van der Waals surface area contributed by atoms with Crippen molar-refractivity contribution >= 4 is 0 Å². The van der Waals surface area contributed by atoms with Gasteiger partial charge in [-0.05, 0) is 18.9 Å². The number of aromatic nitrogens is 2. The molecule has 0 aliphatic heterocycles. The minimum absolute atomic E-state index is 0. The molecule has 0 aliphatic carbocycles. The van der Waals surface area contributed by atoms with E-state index < -0.39 is 0 Å². The molecule has 1 aromatic rings. The second kappa shape index (κ2) is 3.82. The van der Waals surface area contributed by atoms with Crippen LogP contribution in [0, 0.1) is 6.92 Å². The molecule has 1 heterocycles. The number of rotatable bonds is 0. The van der Waals surface area contributed by atoms with Crippen molar-refractivity contribution in [3.05, 3.63) is 18.1 Å². The van der Waals surface area contributed by atoms with Gasteiger partial charge in [0.1, 0.15) is 6.33 Å². The van der Waals surface area contributed by atoms with Gasteiger partial charge < -0.3 is 5.11 Å². The molecule has 0 spiro atoms. The largest absolute Gasteiger partial charge is 1.00 e. The van der Waals surface area contributed by atoms with Crippen LogP contribution in [0.5, 0.6) is 5.88 Å². The van der Waals surface area contributed by atoms with Crippen molar-refractivity contribution in [3.8, 4) is 5.88 Å². The molecule has 0 atom stereocenters. The monoisotopic (exact) mass is 132 g/mol. The van der Waals surface area contributed by atoms with E-state index in [1.165, 1.54) is 12.4 Å². The molecule has 0 radical (unpaired) electrons. The van der Waals surface area contributed by atoms with Crippen molar-refractivity contribution in [3.63, 3.8) is 0 Å². The standard InChI is InChI=1S/C5H6N2O.Na/c1-4-2-5(8)7-3-6-4;/h2-3H,1H3,(H,6,7,8);/q;+1/p-1. The molecule has 3 nitrogen and oxygen atoms in total. The van der Waals surface area contributed by atoms with Crippen LogP contribution in [0.15, 0.2) is 12.4 Å². The summed E-state index contributed by atoms with van der Waals surface area (Å²) in [6.07, 6.45) is 1.26. The normalized spacial score (nSPS) is 8.11. The summed E-state index contributed by atoms with van der Waals surface area (Å²) in [6, 6.07) is 1.39. The van der Waals surface area contributed by atoms with Crippen molar-refractivity contribution in [2.24, 2.45) is 0 Å². The predicted molar refractivity (Wildman–Crippen MR) is 26.2 cm³/mol. The molecule has 0 saturated heterocycles. The number of hydrogen-bond acceptors (Lipinski definition) is 3. The van der Waals surface area contributed by atoms with Gasteiger partial charge in [0.25, 0.3) is 0 Å². The third-order valence-electron chi connectivity index (χ3n) is 0.779. The van der Waals surface area contributed by atoms with E-state index in [0.717, 1.165) is 0 Å². The Hall–Kier alpha value is -0.120. The fraction of sp³-hybridized carbons (Fsp3) is 0.200. The third-order valence-corrected chi connectivity index (χ3v) is 0.779. The van der Waals surface area contributed by atoms with Crippen LogP contribution in [-0.2, 0) is 0 Å². The SMILES string of the molecule is Cc1cc([O-])ncn1.[Na+]. The second-order valence-electron chi connectivity index (χ2n) is 1.50. The summed E-state index contributed by atoms with van der Waals surface area (Å²) >= 11 is 0. The summed E-state index contributed by atoms with van der Waals surface area (Å²) in [7, 11) is 0. The Balaban J connectivity index is 0.000000640. The Morgan fingerprint density at radius 3 is 2.44 bits per heavy atom. The summed E-state index contributed by atoms with van der Waals surface area (Å²) < 4.78 is 0. The van der Waals surface area contributed by atoms with E-state index in [1.54, 1.807) is 6.92 Å². The van der Waals surface area contributed by atoms with E-state index in [0.29, 0.717) is 5.69 Å². The molecular formula is C5H5N2NaO. The van der Waals surface area contributed by atoms with Gasteiger partial charge in [-0.3, -0.25) is 4.98 Å². The first kappa shape index (κ1) is 8.88. The van der Waals surface area contributed by atoms with Crippen LogP contribution in [-0.4, -0.2) is 9.97 Å². The summed E-state index contributed by atoms with van der Waals surface area (Å²) in [5.41, 5.74) is 0.713. The molecule has 0 aromatic carbocycles. The fourth-order valence-electron chi connectivity index (χ4n) is 0.430. The minimum atomic E-state index is -0.225. The maximum atomic E-state index is 10.3. The van der Waals surface area contributed by atoms with Crippen molar-refractivity contribution in [2.45, 2.75) is 6.92 Å². The van der Waals surface area contributed by atoms with Crippen LogP contribution in [0.1, 0.15) is 5.69 Å². The molecule has 0 amide bonds. The maximum Gasteiger partial charge on any atom is 1.00 e. The summed E-state index contributed by atoms with van der Waals surface area (Å²) in [4.78, 5) is 7.10. The topological polar surface area (TPSA) is 48.8 Å². The molecule has 0 unspecified atom stereocenters. The first-order chi connectivity index (χ1) is 3.79. The smallest absolute Gasteiger partial charge is 0.859 e. The molecule has 0 N–H and O–H groups in total. The molecule has 9 heavy (non-hydrogen) atoms. The van der Waals surface area contributed by atoms with Crippen LogP contribution in [0.2, 0.25) is 0 Å². The van der Waals surface area contributed by atoms with Crippen LogP contribution in [0.25, 0.3) is 0 Å². The predicted octanol–water partition coefficient (Wildman–Crippen LogP) is -3.14. The van der Waals surface area contributed by atoms with Gasteiger partial charge in [0.15, 0.2) is 0 Å².